The molecule has 7 nitrogen and oxygen atoms in total. The van der Waals surface area contributed by atoms with Gasteiger partial charge in [-0.1, -0.05) is 12.1 Å². The largest absolute Gasteiger partial charge is 0.465 e. The van der Waals surface area contributed by atoms with Crippen LogP contribution in [-0.2, 0) is 13.1 Å². The summed E-state index contributed by atoms with van der Waals surface area (Å²) in [6.07, 6.45) is -2.23. The summed E-state index contributed by atoms with van der Waals surface area (Å²) in [6, 6.07) is 11.1. The summed E-state index contributed by atoms with van der Waals surface area (Å²) in [7, 11) is 0. The van der Waals surface area contributed by atoms with E-state index in [1.54, 1.807) is 13.8 Å². The van der Waals surface area contributed by atoms with Gasteiger partial charge in [0, 0.05) is 29.8 Å². The minimum atomic E-state index is -1.13. The van der Waals surface area contributed by atoms with Crippen LogP contribution < -0.4 is 0 Å². The van der Waals surface area contributed by atoms with Gasteiger partial charge in [-0.15, -0.1) is 11.3 Å². The topological polar surface area (TPSA) is 85.5 Å². The van der Waals surface area contributed by atoms with Gasteiger partial charge >= 0.3 is 12.2 Å². The number of thiazole rings is 1. The predicted molar refractivity (Wildman–Crippen MR) is 126 cm³/mol. The molecule has 0 atom stereocenters. The van der Waals surface area contributed by atoms with Crippen LogP contribution >= 0.6 is 11.3 Å². The number of hydrogen-bond acceptors (Lipinski definition) is 3. The molecule has 0 aliphatic carbocycles. The maximum Gasteiger partial charge on any atom is 0.407 e. The lowest BCUT2D eigenvalue weighted by Crippen LogP contribution is -2.31. The Morgan fingerprint density at radius 2 is 1.53 bits per heavy atom. The molecule has 2 heterocycles. The Bertz CT molecular complexity index is 1400. The van der Waals surface area contributed by atoms with Crippen LogP contribution in [0, 0.1) is 11.6 Å². The van der Waals surface area contributed by atoms with Crippen LogP contribution in [0.15, 0.2) is 42.5 Å². The molecule has 0 saturated heterocycles. The second-order valence-corrected chi connectivity index (χ2v) is 8.77. The first-order valence-electron chi connectivity index (χ1n) is 10.7. The summed E-state index contributed by atoms with van der Waals surface area (Å²) in [5, 5.41) is 19.4. The van der Waals surface area contributed by atoms with E-state index in [0.717, 1.165) is 27.2 Å². The number of para-hydroxylation sites is 1. The van der Waals surface area contributed by atoms with Gasteiger partial charge in [0.25, 0.3) is 0 Å². The molecule has 2 amide bonds. The normalized spacial score (nSPS) is 11.3. The molecule has 4 rings (SSSR count). The van der Waals surface area contributed by atoms with Gasteiger partial charge in [-0.05, 0) is 44.2 Å². The second-order valence-electron chi connectivity index (χ2n) is 7.74. The Morgan fingerprint density at radius 3 is 2.12 bits per heavy atom. The lowest BCUT2D eigenvalue weighted by Gasteiger charge is -2.21. The van der Waals surface area contributed by atoms with Crippen molar-refractivity contribution in [3.63, 3.8) is 0 Å². The van der Waals surface area contributed by atoms with Crippen molar-refractivity contribution in [3.05, 3.63) is 65.2 Å². The molecule has 178 valence electrons. The maximum absolute atomic E-state index is 14.3. The minimum absolute atomic E-state index is 0.0261. The van der Waals surface area contributed by atoms with Crippen molar-refractivity contribution in [3.8, 4) is 11.3 Å². The quantitative estimate of drug-likeness (QED) is 0.330. The molecule has 2 N–H and O–H groups in total. The fraction of sp³-hybridized carbons (Fsp3) is 0.250. The molecule has 0 spiro atoms. The lowest BCUT2D eigenvalue weighted by atomic mass is 10.0. The van der Waals surface area contributed by atoms with E-state index in [9.17, 15) is 28.6 Å². The monoisotopic (exact) mass is 487 g/mol. The third-order valence-corrected chi connectivity index (χ3v) is 7.03. The van der Waals surface area contributed by atoms with E-state index < -0.39 is 23.8 Å². The van der Waals surface area contributed by atoms with Crippen LogP contribution in [0.25, 0.3) is 26.3 Å². The standard InChI is InChI=1S/C24H23F2N3O4S/c1-3-27(23(30)31)12-15-16(13-28(4-2)24(32)33)22-29(19-7-5-6-8-20(19)34-22)21(15)14-9-10-17(25)18(26)11-14/h5-11H,3-4,12-13H2,1-2H3,(H,30,31)(H,32,33). The Labute approximate surface area is 198 Å². The second kappa shape index (κ2) is 9.30. The maximum atomic E-state index is 14.3. The number of rotatable bonds is 7. The summed E-state index contributed by atoms with van der Waals surface area (Å²) in [4.78, 5) is 26.8. The van der Waals surface area contributed by atoms with Gasteiger partial charge in [0.2, 0.25) is 0 Å². The van der Waals surface area contributed by atoms with Crippen molar-refractivity contribution < 1.29 is 28.6 Å². The van der Waals surface area contributed by atoms with Gasteiger partial charge in [-0.25, -0.2) is 18.4 Å². The van der Waals surface area contributed by atoms with Crippen molar-refractivity contribution in [1.82, 2.24) is 14.2 Å². The van der Waals surface area contributed by atoms with Crippen molar-refractivity contribution in [2.75, 3.05) is 13.1 Å². The first-order valence-corrected chi connectivity index (χ1v) is 11.5. The van der Waals surface area contributed by atoms with Gasteiger partial charge < -0.3 is 20.0 Å². The van der Waals surface area contributed by atoms with E-state index in [4.69, 9.17) is 0 Å². The molecule has 0 saturated carbocycles. The van der Waals surface area contributed by atoms with E-state index in [1.807, 2.05) is 28.7 Å². The summed E-state index contributed by atoms with van der Waals surface area (Å²) in [6.45, 7) is 3.85. The minimum Gasteiger partial charge on any atom is -0.465 e. The molecule has 0 bridgehead atoms. The zero-order chi connectivity index (χ0) is 24.6. The van der Waals surface area contributed by atoms with Crippen LogP contribution in [0.5, 0.6) is 0 Å². The number of carboxylic acid groups (broad SMARTS) is 2. The predicted octanol–water partition coefficient (Wildman–Crippen LogP) is 6.10. The third kappa shape index (κ3) is 4.05. The molecule has 0 radical (unpaired) electrons. The molecular weight excluding hydrogens is 464 g/mol. The highest BCUT2D eigenvalue weighted by Gasteiger charge is 2.28. The van der Waals surface area contributed by atoms with Crippen molar-refractivity contribution in [1.29, 1.82) is 0 Å². The number of carbonyl (C=O) groups is 2. The van der Waals surface area contributed by atoms with Crippen LogP contribution in [0.2, 0.25) is 0 Å². The van der Waals surface area contributed by atoms with Gasteiger partial charge in [-0.2, -0.15) is 0 Å². The van der Waals surface area contributed by atoms with Crippen LogP contribution in [-0.4, -0.2) is 49.7 Å². The van der Waals surface area contributed by atoms with Crippen molar-refractivity contribution in [2.45, 2.75) is 26.9 Å². The van der Waals surface area contributed by atoms with Gasteiger partial charge in [0.1, 0.15) is 4.83 Å². The van der Waals surface area contributed by atoms with Gasteiger partial charge in [0.15, 0.2) is 11.6 Å². The third-order valence-electron chi connectivity index (χ3n) is 5.84. The zero-order valence-corrected chi connectivity index (χ0v) is 19.4. The number of benzene rings is 2. The average molecular weight is 488 g/mol. The summed E-state index contributed by atoms with van der Waals surface area (Å²) in [5.74, 6) is -2.01. The summed E-state index contributed by atoms with van der Waals surface area (Å²) in [5.41, 5.74) is 2.91. The molecule has 4 aromatic rings. The molecule has 34 heavy (non-hydrogen) atoms. The van der Waals surface area contributed by atoms with E-state index in [0.29, 0.717) is 22.4 Å². The zero-order valence-electron chi connectivity index (χ0n) is 18.6. The van der Waals surface area contributed by atoms with E-state index in [1.165, 1.54) is 27.2 Å². The van der Waals surface area contributed by atoms with E-state index in [2.05, 4.69) is 0 Å². The highest BCUT2D eigenvalue weighted by molar-refractivity contribution is 7.24. The van der Waals surface area contributed by atoms with Crippen LogP contribution in [0.1, 0.15) is 25.0 Å². The number of halogens is 2. The molecule has 0 aliphatic rings. The molecular formula is C24H23F2N3O4S. The fourth-order valence-electron chi connectivity index (χ4n) is 4.10. The molecule has 2 aromatic heterocycles. The van der Waals surface area contributed by atoms with Gasteiger partial charge in [0.05, 0.1) is 29.0 Å². The Hall–Kier alpha value is -3.66. The van der Waals surface area contributed by atoms with Crippen LogP contribution in [0.3, 0.4) is 0 Å². The molecule has 0 fully saturated rings. The van der Waals surface area contributed by atoms with Crippen LogP contribution in [0.4, 0.5) is 18.4 Å². The Balaban J connectivity index is 2.09. The van der Waals surface area contributed by atoms with Crippen molar-refractivity contribution >= 4 is 38.6 Å². The summed E-state index contributed by atoms with van der Waals surface area (Å²) < 4.78 is 30.9. The highest BCUT2D eigenvalue weighted by Crippen LogP contribution is 2.41. The molecule has 0 aliphatic heterocycles. The first kappa shape index (κ1) is 23.5. The highest BCUT2D eigenvalue weighted by atomic mass is 32.1. The number of amides is 2. The molecule has 0 unspecified atom stereocenters. The number of hydrogen-bond donors (Lipinski definition) is 2. The molecule has 10 heteroatoms. The number of aromatic nitrogens is 1. The average Bonchev–Trinajstić information content (AvgIpc) is 3.31. The van der Waals surface area contributed by atoms with Gasteiger partial charge in [-0.3, -0.25) is 4.40 Å². The summed E-state index contributed by atoms with van der Waals surface area (Å²) >= 11 is 1.44. The molecule has 2 aromatic carbocycles. The number of nitrogens with zero attached hydrogens (tertiary/aromatic N) is 3. The lowest BCUT2D eigenvalue weighted by molar-refractivity contribution is 0.141. The van der Waals surface area contributed by atoms with E-state index >= 15 is 0 Å². The SMILES string of the molecule is CCN(Cc1c(CN(CC)C(=O)O)c2sc3ccccc3n2c1-c1ccc(F)c(F)c1)C(=O)O. The Kier molecular flexibility index (Phi) is 6.43. The first-order chi connectivity index (χ1) is 16.3. The smallest absolute Gasteiger partial charge is 0.407 e. The fourth-order valence-corrected chi connectivity index (χ4v) is 5.31. The van der Waals surface area contributed by atoms with Crippen molar-refractivity contribution in [2.24, 2.45) is 0 Å². The van der Waals surface area contributed by atoms with E-state index in [-0.39, 0.29) is 26.2 Å². The number of fused-ring (bicyclic) bond motifs is 3. The Morgan fingerprint density at radius 1 is 0.912 bits per heavy atom.